The fraction of sp³-hybridized carbons (Fsp3) is 0.424. The van der Waals surface area contributed by atoms with Crippen molar-refractivity contribution < 1.29 is 23.8 Å². The number of rotatable bonds is 7. The van der Waals surface area contributed by atoms with E-state index in [9.17, 15) is 9.59 Å². The van der Waals surface area contributed by atoms with Gasteiger partial charge < -0.3 is 19.5 Å². The van der Waals surface area contributed by atoms with E-state index in [0.717, 1.165) is 64.9 Å². The van der Waals surface area contributed by atoms with Crippen molar-refractivity contribution in [2.45, 2.75) is 52.6 Å². The molecule has 1 aliphatic heterocycles. The van der Waals surface area contributed by atoms with Gasteiger partial charge in [0.25, 0.3) is 5.91 Å². The van der Waals surface area contributed by atoms with Crippen LogP contribution in [0.25, 0.3) is 22.6 Å². The molecule has 2 heterocycles. The van der Waals surface area contributed by atoms with Crippen LogP contribution >= 0.6 is 0 Å². The van der Waals surface area contributed by atoms with Gasteiger partial charge in [0.2, 0.25) is 0 Å². The topological polar surface area (TPSA) is 86.8 Å². The Morgan fingerprint density at radius 2 is 1.88 bits per heavy atom. The van der Waals surface area contributed by atoms with Crippen LogP contribution in [0.15, 0.2) is 48.5 Å². The Bertz CT molecular complexity index is 1420. The standard InChI is InChI=1S/C33H38N2O5/c1-33(2,3)23-17-22(16-21-11-13-24(38-4)14-12-21)31-27(18-23)30(26-9-5-6-10-28(26)35-31)32(37)40-20-29(36)34-19-25-8-7-15-39-25/h5-6,9-14,16,23,25H,7-8,15,17-20H2,1-4H3,(H,34,36)/b22-16-/t23-,25-/m0/s1. The minimum atomic E-state index is -0.500. The second-order valence-electron chi connectivity index (χ2n) is 11.8. The van der Waals surface area contributed by atoms with E-state index in [1.807, 2.05) is 48.5 Å². The molecule has 1 fully saturated rings. The summed E-state index contributed by atoms with van der Waals surface area (Å²) in [5.74, 6) is 0.255. The lowest BCUT2D eigenvalue weighted by Gasteiger charge is -2.36. The molecule has 7 heteroatoms. The van der Waals surface area contributed by atoms with Crippen molar-refractivity contribution >= 4 is 34.4 Å². The number of para-hydroxylation sites is 1. The molecule has 1 saturated heterocycles. The van der Waals surface area contributed by atoms with Crippen LogP contribution < -0.4 is 10.1 Å². The molecule has 0 bridgehead atoms. The van der Waals surface area contributed by atoms with E-state index in [0.29, 0.717) is 18.5 Å². The quantitative estimate of drug-likeness (QED) is 0.377. The van der Waals surface area contributed by atoms with Crippen LogP contribution in [0.1, 0.15) is 67.2 Å². The van der Waals surface area contributed by atoms with E-state index in [1.165, 1.54) is 0 Å². The zero-order valence-corrected chi connectivity index (χ0v) is 23.8. The van der Waals surface area contributed by atoms with Gasteiger partial charge in [-0.15, -0.1) is 0 Å². The van der Waals surface area contributed by atoms with Crippen molar-refractivity contribution in [2.24, 2.45) is 11.3 Å². The molecule has 1 amide bonds. The van der Waals surface area contributed by atoms with E-state index >= 15 is 0 Å². The Hall–Kier alpha value is -3.71. The average Bonchev–Trinajstić information content (AvgIpc) is 3.47. The number of aromatic nitrogens is 1. The second kappa shape index (κ2) is 11.8. The van der Waals surface area contributed by atoms with Gasteiger partial charge in [0.1, 0.15) is 5.75 Å². The Kier molecular flexibility index (Phi) is 8.22. The van der Waals surface area contributed by atoms with Crippen molar-refractivity contribution in [3.8, 4) is 5.75 Å². The number of nitrogens with one attached hydrogen (secondary N) is 1. The molecule has 0 saturated carbocycles. The van der Waals surface area contributed by atoms with Crippen molar-refractivity contribution in [3.05, 3.63) is 70.9 Å². The minimum absolute atomic E-state index is 0.00566. The molecule has 0 unspecified atom stereocenters. The highest BCUT2D eigenvalue weighted by Gasteiger charge is 2.35. The van der Waals surface area contributed by atoms with Crippen LogP contribution in [0.3, 0.4) is 0 Å². The van der Waals surface area contributed by atoms with Gasteiger partial charge in [-0.3, -0.25) is 4.79 Å². The molecular formula is C33H38N2O5. The monoisotopic (exact) mass is 542 g/mol. The normalized spacial score (nSPS) is 19.9. The molecule has 7 nitrogen and oxygen atoms in total. The zero-order valence-electron chi connectivity index (χ0n) is 23.8. The highest BCUT2D eigenvalue weighted by Crippen LogP contribution is 2.45. The van der Waals surface area contributed by atoms with Gasteiger partial charge in [-0.25, -0.2) is 9.78 Å². The number of ether oxygens (including phenoxy) is 3. The first kappa shape index (κ1) is 27.8. The maximum Gasteiger partial charge on any atom is 0.339 e. The predicted octanol–water partition coefficient (Wildman–Crippen LogP) is 5.84. The summed E-state index contributed by atoms with van der Waals surface area (Å²) in [5.41, 5.74) is 5.07. The van der Waals surface area contributed by atoms with Gasteiger partial charge in [-0.1, -0.05) is 51.1 Å². The predicted molar refractivity (Wildman–Crippen MR) is 156 cm³/mol. The van der Waals surface area contributed by atoms with Crippen LogP contribution in [0.2, 0.25) is 0 Å². The largest absolute Gasteiger partial charge is 0.497 e. The molecular weight excluding hydrogens is 504 g/mol. The highest BCUT2D eigenvalue weighted by molar-refractivity contribution is 6.07. The molecule has 3 aromatic rings. The first-order valence-corrected chi connectivity index (χ1v) is 14.0. The number of hydrogen-bond acceptors (Lipinski definition) is 6. The number of esters is 1. The molecule has 5 rings (SSSR count). The van der Waals surface area contributed by atoms with E-state index in [1.54, 1.807) is 7.11 Å². The van der Waals surface area contributed by atoms with E-state index in [-0.39, 0.29) is 30.0 Å². The molecule has 210 valence electrons. The maximum atomic E-state index is 13.7. The summed E-state index contributed by atoms with van der Waals surface area (Å²) in [6.07, 6.45) is 5.66. The summed E-state index contributed by atoms with van der Waals surface area (Å²) in [6.45, 7) is 7.51. The molecule has 0 spiro atoms. The van der Waals surface area contributed by atoms with Gasteiger partial charge in [0, 0.05) is 18.5 Å². The third-order valence-corrected chi connectivity index (χ3v) is 7.99. The van der Waals surface area contributed by atoms with Gasteiger partial charge in [0.05, 0.1) is 30.0 Å². The lowest BCUT2D eigenvalue weighted by Crippen LogP contribution is -2.35. The smallest absolute Gasteiger partial charge is 0.339 e. The van der Waals surface area contributed by atoms with E-state index in [4.69, 9.17) is 19.2 Å². The number of benzene rings is 2. The molecule has 2 atom stereocenters. The van der Waals surface area contributed by atoms with Crippen LogP contribution in [-0.4, -0.2) is 49.8 Å². The van der Waals surface area contributed by atoms with Gasteiger partial charge in [-0.2, -0.15) is 0 Å². The highest BCUT2D eigenvalue weighted by atomic mass is 16.5. The van der Waals surface area contributed by atoms with Gasteiger partial charge >= 0.3 is 5.97 Å². The number of hydrogen-bond donors (Lipinski definition) is 1. The van der Waals surface area contributed by atoms with E-state index in [2.05, 4.69) is 32.2 Å². The molecule has 1 N–H and O–H groups in total. The van der Waals surface area contributed by atoms with Crippen LogP contribution in [0.5, 0.6) is 5.75 Å². The average molecular weight is 543 g/mol. The van der Waals surface area contributed by atoms with Crippen LogP contribution in [0.4, 0.5) is 0 Å². The molecule has 1 aromatic heterocycles. The third-order valence-electron chi connectivity index (χ3n) is 7.99. The summed E-state index contributed by atoms with van der Waals surface area (Å²) in [6, 6.07) is 15.6. The first-order chi connectivity index (χ1) is 19.2. The number of pyridine rings is 1. The SMILES string of the molecule is COc1ccc(/C=C2/C[C@H](C(C)(C)C)Cc3c2nc2ccccc2c3C(=O)OCC(=O)NC[C@@H]2CCCO2)cc1. The first-order valence-electron chi connectivity index (χ1n) is 14.0. The minimum Gasteiger partial charge on any atom is -0.497 e. The van der Waals surface area contributed by atoms with Crippen molar-refractivity contribution in [3.63, 3.8) is 0 Å². The Morgan fingerprint density at radius 3 is 2.58 bits per heavy atom. The number of carbonyl (C=O) groups is 2. The third kappa shape index (κ3) is 6.20. The maximum absolute atomic E-state index is 13.7. The van der Waals surface area contributed by atoms with Gasteiger partial charge in [0.15, 0.2) is 6.61 Å². The van der Waals surface area contributed by atoms with Crippen molar-refractivity contribution in [1.82, 2.24) is 10.3 Å². The number of carbonyl (C=O) groups excluding carboxylic acids is 2. The number of fused-ring (bicyclic) bond motifs is 2. The number of amides is 1. The summed E-state index contributed by atoms with van der Waals surface area (Å²) in [4.78, 5) is 31.3. The fourth-order valence-corrected chi connectivity index (χ4v) is 5.56. The van der Waals surface area contributed by atoms with E-state index < -0.39 is 5.97 Å². The number of nitrogens with zero attached hydrogens (tertiary/aromatic N) is 1. The zero-order chi connectivity index (χ0) is 28.3. The molecule has 1 aliphatic carbocycles. The summed E-state index contributed by atoms with van der Waals surface area (Å²) < 4.78 is 16.5. The number of methoxy groups -OCH3 is 1. The lowest BCUT2D eigenvalue weighted by molar-refractivity contribution is -0.124. The Morgan fingerprint density at radius 1 is 1.10 bits per heavy atom. The fourth-order valence-electron chi connectivity index (χ4n) is 5.56. The number of allylic oxidation sites excluding steroid dienone is 1. The molecule has 2 aromatic carbocycles. The van der Waals surface area contributed by atoms with Crippen LogP contribution in [-0.2, 0) is 20.7 Å². The lowest BCUT2D eigenvalue weighted by atomic mass is 9.69. The van der Waals surface area contributed by atoms with Crippen molar-refractivity contribution in [1.29, 1.82) is 0 Å². The van der Waals surface area contributed by atoms with Crippen molar-refractivity contribution in [2.75, 3.05) is 26.9 Å². The Labute approximate surface area is 235 Å². The summed E-state index contributed by atoms with van der Waals surface area (Å²) >= 11 is 0. The molecule has 2 aliphatic rings. The summed E-state index contributed by atoms with van der Waals surface area (Å²) in [7, 11) is 1.65. The van der Waals surface area contributed by atoms with Crippen LogP contribution in [0, 0.1) is 11.3 Å². The Balaban J connectivity index is 1.50. The summed E-state index contributed by atoms with van der Waals surface area (Å²) in [5, 5.41) is 3.57. The van der Waals surface area contributed by atoms with Gasteiger partial charge in [-0.05, 0) is 78.0 Å². The molecule has 40 heavy (non-hydrogen) atoms. The second-order valence-corrected chi connectivity index (χ2v) is 11.8. The molecule has 0 radical (unpaired) electrons.